The average molecular weight is 126 g/mol. The molecule has 9 heavy (non-hydrogen) atoms. The lowest BCUT2D eigenvalue weighted by molar-refractivity contribution is -0.117. The Morgan fingerprint density at radius 2 is 2.11 bits per heavy atom. The molecule has 0 spiro atoms. The normalized spacial score (nSPS) is 33.2. The fraction of sp³-hybridized carbons (Fsp3) is 0.875. The molecule has 52 valence electrons. The summed E-state index contributed by atoms with van der Waals surface area (Å²) in [5.41, 5.74) is 0.275. The molecule has 1 heteroatoms. The minimum Gasteiger partial charge on any atom is -0.300 e. The van der Waals surface area contributed by atoms with Gasteiger partial charge in [0.2, 0.25) is 0 Å². The summed E-state index contributed by atoms with van der Waals surface area (Å²) < 4.78 is 0. The molecule has 0 radical (unpaired) electrons. The Balaban J connectivity index is 2.69. The monoisotopic (exact) mass is 126 g/mol. The second-order valence-electron chi connectivity index (χ2n) is 3.81. The zero-order chi connectivity index (χ0) is 7.07. The lowest BCUT2D eigenvalue weighted by Crippen LogP contribution is -2.13. The summed E-state index contributed by atoms with van der Waals surface area (Å²) in [5.74, 6) is 1.03. The van der Waals surface area contributed by atoms with Gasteiger partial charge in [-0.2, -0.15) is 0 Å². The first-order chi connectivity index (χ1) is 4.02. The summed E-state index contributed by atoms with van der Waals surface area (Å²) in [6, 6.07) is 0. The molecule has 1 rings (SSSR count). The Bertz CT molecular complexity index is 136. The van der Waals surface area contributed by atoms with E-state index in [1.165, 1.54) is 0 Å². The van der Waals surface area contributed by atoms with Crippen molar-refractivity contribution in [2.75, 3.05) is 0 Å². The highest BCUT2D eigenvalue weighted by atomic mass is 16.1. The van der Waals surface area contributed by atoms with Gasteiger partial charge in [-0.25, -0.2) is 0 Å². The van der Waals surface area contributed by atoms with Gasteiger partial charge in [-0.15, -0.1) is 0 Å². The van der Waals surface area contributed by atoms with Gasteiger partial charge >= 0.3 is 0 Å². The third kappa shape index (κ3) is 1.15. The standard InChI is InChI=1S/C8H14O/c1-6-4-7(9)5-8(6,2)3/h6H,4-5H2,1-3H3. The van der Waals surface area contributed by atoms with Crippen LogP contribution in [0.15, 0.2) is 0 Å². The summed E-state index contributed by atoms with van der Waals surface area (Å²) in [6.45, 7) is 6.50. The Hall–Kier alpha value is -0.330. The van der Waals surface area contributed by atoms with Crippen LogP contribution in [0.5, 0.6) is 0 Å². The van der Waals surface area contributed by atoms with Crippen molar-refractivity contribution in [2.45, 2.75) is 33.6 Å². The van der Waals surface area contributed by atoms with Crippen molar-refractivity contribution in [3.05, 3.63) is 0 Å². The molecule has 0 heterocycles. The predicted molar refractivity (Wildman–Crippen MR) is 37.2 cm³/mol. The van der Waals surface area contributed by atoms with Crippen molar-refractivity contribution < 1.29 is 4.79 Å². The summed E-state index contributed by atoms with van der Waals surface area (Å²) in [4.78, 5) is 10.9. The lowest BCUT2D eigenvalue weighted by Gasteiger charge is -2.21. The van der Waals surface area contributed by atoms with Crippen molar-refractivity contribution in [3.63, 3.8) is 0 Å². The SMILES string of the molecule is CC1CC(=O)CC1(C)C. The molecule has 1 nitrogen and oxygen atoms in total. The highest BCUT2D eigenvalue weighted by Crippen LogP contribution is 2.39. The van der Waals surface area contributed by atoms with E-state index in [0.29, 0.717) is 11.7 Å². The van der Waals surface area contributed by atoms with Crippen molar-refractivity contribution >= 4 is 5.78 Å². The van der Waals surface area contributed by atoms with E-state index >= 15 is 0 Å². The summed E-state index contributed by atoms with van der Waals surface area (Å²) in [7, 11) is 0. The van der Waals surface area contributed by atoms with Crippen LogP contribution in [0, 0.1) is 11.3 Å². The smallest absolute Gasteiger partial charge is 0.133 e. The minimum absolute atomic E-state index is 0.275. The third-order valence-corrected chi connectivity index (χ3v) is 2.52. The molecule has 0 N–H and O–H groups in total. The van der Waals surface area contributed by atoms with E-state index < -0.39 is 0 Å². The molecule has 1 saturated carbocycles. The molecule has 0 amide bonds. The first-order valence-corrected chi connectivity index (χ1v) is 3.54. The van der Waals surface area contributed by atoms with E-state index in [9.17, 15) is 4.79 Å². The van der Waals surface area contributed by atoms with Crippen LogP contribution < -0.4 is 0 Å². The summed E-state index contributed by atoms with van der Waals surface area (Å²) in [5, 5.41) is 0. The zero-order valence-electron chi connectivity index (χ0n) is 6.40. The number of ketones is 1. The third-order valence-electron chi connectivity index (χ3n) is 2.52. The molecule has 0 aromatic carbocycles. The number of carbonyl (C=O) groups is 1. The van der Waals surface area contributed by atoms with Crippen LogP contribution in [0.2, 0.25) is 0 Å². The molecule has 1 aliphatic carbocycles. The largest absolute Gasteiger partial charge is 0.300 e. The molecule has 0 aromatic rings. The van der Waals surface area contributed by atoms with Gasteiger partial charge < -0.3 is 0 Å². The zero-order valence-corrected chi connectivity index (χ0v) is 6.40. The quantitative estimate of drug-likeness (QED) is 0.485. The van der Waals surface area contributed by atoms with Gasteiger partial charge in [0.1, 0.15) is 5.78 Å². The maximum absolute atomic E-state index is 10.9. The summed E-state index contributed by atoms with van der Waals surface area (Å²) in [6.07, 6.45) is 1.58. The molecule has 1 atom stereocenters. The number of Topliss-reactive ketones (excluding diaryl/α,β-unsaturated/α-hetero) is 1. The molecule has 0 aromatic heterocycles. The van der Waals surface area contributed by atoms with E-state index in [1.54, 1.807) is 0 Å². The van der Waals surface area contributed by atoms with E-state index in [0.717, 1.165) is 12.8 Å². The van der Waals surface area contributed by atoms with Crippen LogP contribution >= 0.6 is 0 Å². The average Bonchev–Trinajstić information content (AvgIpc) is 1.79. The molecular weight excluding hydrogens is 112 g/mol. The van der Waals surface area contributed by atoms with E-state index in [-0.39, 0.29) is 5.41 Å². The topological polar surface area (TPSA) is 17.1 Å². The van der Waals surface area contributed by atoms with Gasteiger partial charge in [-0.1, -0.05) is 20.8 Å². The molecule has 1 fully saturated rings. The Morgan fingerprint density at radius 3 is 2.22 bits per heavy atom. The van der Waals surface area contributed by atoms with Crippen LogP contribution in [-0.2, 0) is 4.79 Å². The number of rotatable bonds is 0. The second-order valence-corrected chi connectivity index (χ2v) is 3.81. The molecule has 1 aliphatic rings. The summed E-state index contributed by atoms with van der Waals surface area (Å²) >= 11 is 0. The van der Waals surface area contributed by atoms with Gasteiger partial charge in [0.05, 0.1) is 0 Å². The second kappa shape index (κ2) is 1.83. The van der Waals surface area contributed by atoms with Crippen LogP contribution in [0.4, 0.5) is 0 Å². The maximum atomic E-state index is 10.9. The Morgan fingerprint density at radius 1 is 1.56 bits per heavy atom. The van der Waals surface area contributed by atoms with Crippen molar-refractivity contribution in [1.82, 2.24) is 0 Å². The van der Waals surface area contributed by atoms with Crippen LogP contribution in [-0.4, -0.2) is 5.78 Å². The molecular formula is C8H14O. The van der Waals surface area contributed by atoms with Crippen molar-refractivity contribution in [3.8, 4) is 0 Å². The van der Waals surface area contributed by atoms with Gasteiger partial charge in [0.25, 0.3) is 0 Å². The van der Waals surface area contributed by atoms with Crippen LogP contribution in [0.25, 0.3) is 0 Å². The van der Waals surface area contributed by atoms with Crippen LogP contribution in [0.1, 0.15) is 33.6 Å². The minimum atomic E-state index is 0.275. The van der Waals surface area contributed by atoms with Gasteiger partial charge in [-0.3, -0.25) is 4.79 Å². The molecule has 1 unspecified atom stereocenters. The van der Waals surface area contributed by atoms with Gasteiger partial charge in [-0.05, 0) is 11.3 Å². The fourth-order valence-corrected chi connectivity index (χ4v) is 1.37. The van der Waals surface area contributed by atoms with E-state index in [2.05, 4.69) is 20.8 Å². The number of hydrogen-bond donors (Lipinski definition) is 0. The number of carbonyl (C=O) groups excluding carboxylic acids is 1. The Labute approximate surface area is 56.4 Å². The first kappa shape index (κ1) is 6.79. The maximum Gasteiger partial charge on any atom is 0.133 e. The van der Waals surface area contributed by atoms with E-state index in [1.807, 2.05) is 0 Å². The van der Waals surface area contributed by atoms with E-state index in [4.69, 9.17) is 0 Å². The predicted octanol–water partition coefficient (Wildman–Crippen LogP) is 2.01. The molecule has 0 bridgehead atoms. The lowest BCUT2D eigenvalue weighted by atomic mass is 9.83. The fourth-order valence-electron chi connectivity index (χ4n) is 1.37. The first-order valence-electron chi connectivity index (χ1n) is 3.54. The number of hydrogen-bond acceptors (Lipinski definition) is 1. The highest BCUT2D eigenvalue weighted by Gasteiger charge is 2.36. The van der Waals surface area contributed by atoms with Gasteiger partial charge in [0, 0.05) is 12.8 Å². The molecule has 0 saturated heterocycles. The van der Waals surface area contributed by atoms with Gasteiger partial charge in [0.15, 0.2) is 0 Å². The molecule has 0 aliphatic heterocycles. The van der Waals surface area contributed by atoms with Crippen LogP contribution in [0.3, 0.4) is 0 Å². The highest BCUT2D eigenvalue weighted by molar-refractivity contribution is 5.81. The van der Waals surface area contributed by atoms with Crippen molar-refractivity contribution in [1.29, 1.82) is 0 Å². The Kier molecular flexibility index (Phi) is 1.38. The van der Waals surface area contributed by atoms with Crippen molar-refractivity contribution in [2.24, 2.45) is 11.3 Å².